The number of aromatic nitrogens is 4. The molecule has 0 spiro atoms. The van der Waals surface area contributed by atoms with Gasteiger partial charge >= 0.3 is 0 Å². The van der Waals surface area contributed by atoms with Crippen LogP contribution in [0.4, 0.5) is 0 Å². The molecule has 3 heterocycles. The SMILES string of the molecule is Cc1cc(C)nc([C@@H]2CCN(Cc3nccn3C)C2)n1. The summed E-state index contributed by atoms with van der Waals surface area (Å²) in [5.74, 6) is 2.57. The third-order valence-electron chi connectivity index (χ3n) is 3.92. The lowest BCUT2D eigenvalue weighted by atomic mass is 10.1. The van der Waals surface area contributed by atoms with Crippen molar-refractivity contribution in [2.75, 3.05) is 13.1 Å². The Morgan fingerprint density at radius 2 is 2.00 bits per heavy atom. The van der Waals surface area contributed by atoms with E-state index in [4.69, 9.17) is 0 Å². The minimum absolute atomic E-state index is 0.453. The number of likely N-dealkylation sites (tertiary alicyclic amines) is 1. The lowest BCUT2D eigenvalue weighted by Crippen LogP contribution is -2.22. The molecular weight excluding hydrogens is 250 g/mol. The molecule has 2 aromatic rings. The first-order valence-corrected chi connectivity index (χ1v) is 7.12. The van der Waals surface area contributed by atoms with Gasteiger partial charge < -0.3 is 4.57 Å². The van der Waals surface area contributed by atoms with Gasteiger partial charge in [0.25, 0.3) is 0 Å². The number of rotatable bonds is 3. The van der Waals surface area contributed by atoms with Crippen molar-refractivity contribution in [2.24, 2.45) is 7.05 Å². The fourth-order valence-electron chi connectivity index (χ4n) is 2.87. The zero-order valence-electron chi connectivity index (χ0n) is 12.4. The van der Waals surface area contributed by atoms with Gasteiger partial charge in [-0.05, 0) is 32.9 Å². The third-order valence-corrected chi connectivity index (χ3v) is 3.92. The van der Waals surface area contributed by atoms with E-state index in [0.717, 1.165) is 49.1 Å². The van der Waals surface area contributed by atoms with Crippen LogP contribution < -0.4 is 0 Å². The molecular formula is C15H21N5. The van der Waals surface area contributed by atoms with Crippen LogP contribution in [0.15, 0.2) is 18.5 Å². The molecule has 0 amide bonds. The summed E-state index contributed by atoms with van der Waals surface area (Å²) in [6, 6.07) is 2.03. The Morgan fingerprint density at radius 1 is 1.25 bits per heavy atom. The molecule has 3 rings (SSSR count). The highest BCUT2D eigenvalue weighted by atomic mass is 15.2. The average Bonchev–Trinajstić information content (AvgIpc) is 2.99. The molecule has 0 saturated carbocycles. The van der Waals surface area contributed by atoms with Crippen LogP contribution >= 0.6 is 0 Å². The van der Waals surface area contributed by atoms with E-state index in [1.54, 1.807) is 0 Å². The third kappa shape index (κ3) is 2.72. The summed E-state index contributed by atoms with van der Waals surface area (Å²) < 4.78 is 2.08. The summed E-state index contributed by atoms with van der Waals surface area (Å²) in [4.78, 5) is 16.0. The van der Waals surface area contributed by atoms with Crippen molar-refractivity contribution in [3.05, 3.63) is 41.5 Å². The van der Waals surface area contributed by atoms with Crippen LogP contribution in [0.25, 0.3) is 0 Å². The first-order chi connectivity index (χ1) is 9.61. The van der Waals surface area contributed by atoms with Crippen molar-refractivity contribution in [3.8, 4) is 0 Å². The summed E-state index contributed by atoms with van der Waals surface area (Å²) in [7, 11) is 2.04. The smallest absolute Gasteiger partial charge is 0.133 e. The van der Waals surface area contributed by atoms with Gasteiger partial charge in [-0.25, -0.2) is 15.0 Å². The maximum absolute atomic E-state index is 4.61. The highest BCUT2D eigenvalue weighted by Gasteiger charge is 2.26. The molecule has 1 aliphatic heterocycles. The van der Waals surface area contributed by atoms with Gasteiger partial charge in [-0.2, -0.15) is 0 Å². The Bertz CT molecular complexity index is 584. The molecule has 1 fully saturated rings. The van der Waals surface area contributed by atoms with Crippen molar-refractivity contribution in [3.63, 3.8) is 0 Å². The lowest BCUT2D eigenvalue weighted by Gasteiger charge is -2.15. The Hall–Kier alpha value is -1.75. The molecule has 20 heavy (non-hydrogen) atoms. The van der Waals surface area contributed by atoms with E-state index in [1.807, 2.05) is 39.4 Å². The second-order valence-corrected chi connectivity index (χ2v) is 5.68. The van der Waals surface area contributed by atoms with Crippen LogP contribution in [0.3, 0.4) is 0 Å². The maximum Gasteiger partial charge on any atom is 0.133 e. The van der Waals surface area contributed by atoms with Crippen molar-refractivity contribution in [2.45, 2.75) is 32.7 Å². The van der Waals surface area contributed by atoms with E-state index < -0.39 is 0 Å². The van der Waals surface area contributed by atoms with Crippen LogP contribution in [0, 0.1) is 13.8 Å². The molecule has 0 radical (unpaired) electrons. The van der Waals surface area contributed by atoms with E-state index in [1.165, 1.54) is 0 Å². The molecule has 0 unspecified atom stereocenters. The number of aryl methyl sites for hydroxylation is 3. The largest absolute Gasteiger partial charge is 0.337 e. The summed E-state index contributed by atoms with van der Waals surface area (Å²) in [6.45, 7) is 7.10. The fourth-order valence-corrected chi connectivity index (χ4v) is 2.87. The quantitative estimate of drug-likeness (QED) is 0.854. The van der Waals surface area contributed by atoms with Crippen molar-refractivity contribution in [1.29, 1.82) is 0 Å². The van der Waals surface area contributed by atoms with Gasteiger partial charge in [-0.15, -0.1) is 0 Å². The molecule has 5 nitrogen and oxygen atoms in total. The normalized spacial score (nSPS) is 19.6. The van der Waals surface area contributed by atoms with Gasteiger partial charge in [0.15, 0.2) is 0 Å². The Kier molecular flexibility index (Phi) is 3.53. The molecule has 0 aromatic carbocycles. The zero-order chi connectivity index (χ0) is 14.1. The monoisotopic (exact) mass is 271 g/mol. The number of hydrogen-bond acceptors (Lipinski definition) is 4. The molecule has 0 aliphatic carbocycles. The van der Waals surface area contributed by atoms with Crippen molar-refractivity contribution >= 4 is 0 Å². The average molecular weight is 271 g/mol. The molecule has 0 bridgehead atoms. The second kappa shape index (κ2) is 5.32. The Balaban J connectivity index is 1.69. The highest BCUT2D eigenvalue weighted by Crippen LogP contribution is 2.25. The molecule has 5 heteroatoms. The van der Waals surface area contributed by atoms with Crippen molar-refractivity contribution in [1.82, 2.24) is 24.4 Å². The fraction of sp³-hybridized carbons (Fsp3) is 0.533. The molecule has 1 saturated heterocycles. The van der Waals surface area contributed by atoms with E-state index in [2.05, 4.69) is 24.4 Å². The van der Waals surface area contributed by atoms with Gasteiger partial charge in [-0.3, -0.25) is 4.90 Å². The van der Waals surface area contributed by atoms with Gasteiger partial charge in [0.1, 0.15) is 11.6 Å². The topological polar surface area (TPSA) is 46.8 Å². The van der Waals surface area contributed by atoms with Gasteiger partial charge in [0, 0.05) is 43.3 Å². The minimum Gasteiger partial charge on any atom is -0.337 e. The van der Waals surface area contributed by atoms with Crippen LogP contribution in [-0.4, -0.2) is 37.5 Å². The zero-order valence-corrected chi connectivity index (χ0v) is 12.4. The maximum atomic E-state index is 4.61. The Labute approximate surface area is 119 Å². The number of imidazole rings is 1. The molecule has 2 aromatic heterocycles. The standard InChI is InChI=1S/C15H21N5/c1-11-8-12(2)18-15(17-11)13-4-6-20(9-13)10-14-16-5-7-19(14)3/h5,7-8,13H,4,6,9-10H2,1-3H3/t13-/m1/s1. The van der Waals surface area contributed by atoms with Gasteiger partial charge in [0.05, 0.1) is 6.54 Å². The van der Waals surface area contributed by atoms with Gasteiger partial charge in [0.2, 0.25) is 0 Å². The van der Waals surface area contributed by atoms with E-state index in [0.29, 0.717) is 5.92 Å². The van der Waals surface area contributed by atoms with E-state index in [-0.39, 0.29) is 0 Å². The summed E-state index contributed by atoms with van der Waals surface area (Å²) >= 11 is 0. The first-order valence-electron chi connectivity index (χ1n) is 7.12. The van der Waals surface area contributed by atoms with Gasteiger partial charge in [-0.1, -0.05) is 0 Å². The van der Waals surface area contributed by atoms with E-state index in [9.17, 15) is 0 Å². The van der Waals surface area contributed by atoms with Crippen LogP contribution in [0.2, 0.25) is 0 Å². The summed E-state index contributed by atoms with van der Waals surface area (Å²) in [5.41, 5.74) is 2.13. The van der Waals surface area contributed by atoms with E-state index >= 15 is 0 Å². The van der Waals surface area contributed by atoms with Crippen molar-refractivity contribution < 1.29 is 0 Å². The summed E-state index contributed by atoms with van der Waals surface area (Å²) in [5, 5.41) is 0. The lowest BCUT2D eigenvalue weighted by molar-refractivity contribution is 0.313. The van der Waals surface area contributed by atoms with Crippen LogP contribution in [-0.2, 0) is 13.6 Å². The Morgan fingerprint density at radius 3 is 2.65 bits per heavy atom. The van der Waals surface area contributed by atoms with Crippen LogP contribution in [0.1, 0.15) is 35.4 Å². The van der Waals surface area contributed by atoms with Crippen LogP contribution in [0.5, 0.6) is 0 Å². The highest BCUT2D eigenvalue weighted by molar-refractivity contribution is 5.12. The molecule has 1 atom stereocenters. The first kappa shape index (κ1) is 13.2. The second-order valence-electron chi connectivity index (χ2n) is 5.68. The number of nitrogens with zero attached hydrogens (tertiary/aromatic N) is 5. The summed E-state index contributed by atoms with van der Waals surface area (Å²) in [6.07, 6.45) is 4.99. The predicted octanol–water partition coefficient (Wildman–Crippen LogP) is 1.82. The predicted molar refractivity (Wildman–Crippen MR) is 77.3 cm³/mol. The minimum atomic E-state index is 0.453. The molecule has 0 N–H and O–H groups in total. The molecule has 106 valence electrons. The molecule has 1 aliphatic rings. The number of hydrogen-bond donors (Lipinski definition) is 0.